The molecule has 1 amide bonds. The summed E-state index contributed by atoms with van der Waals surface area (Å²) in [6.07, 6.45) is -0.424. The maximum atomic E-state index is 13.8. The lowest BCUT2D eigenvalue weighted by molar-refractivity contribution is -0.139. The summed E-state index contributed by atoms with van der Waals surface area (Å²) in [5, 5.41) is 2.50. The number of hydrogen-bond acceptors (Lipinski definition) is 9. The SMILES string of the molecule is Cc1nc2cnc(N)c(C#Cc3cncc(C(=O)Nc4ccc(OCCN5CCOCC5)c(C(F)(F)F)c4)c3)c2nc1C. The molecule has 5 rings (SSSR count). The summed E-state index contributed by atoms with van der Waals surface area (Å²) in [6, 6.07) is 4.88. The highest BCUT2D eigenvalue weighted by Crippen LogP contribution is 2.38. The Morgan fingerprint density at radius 1 is 1.09 bits per heavy atom. The van der Waals surface area contributed by atoms with Crippen LogP contribution < -0.4 is 15.8 Å². The predicted molar refractivity (Wildman–Crippen MR) is 154 cm³/mol. The second kappa shape index (κ2) is 12.6. The van der Waals surface area contributed by atoms with E-state index >= 15 is 0 Å². The van der Waals surface area contributed by atoms with Crippen molar-refractivity contribution in [3.8, 4) is 17.6 Å². The first-order valence-corrected chi connectivity index (χ1v) is 13.4. The third kappa shape index (κ3) is 7.17. The van der Waals surface area contributed by atoms with Gasteiger partial charge >= 0.3 is 6.18 Å². The summed E-state index contributed by atoms with van der Waals surface area (Å²) < 4.78 is 52.3. The highest BCUT2D eigenvalue weighted by molar-refractivity contribution is 6.04. The number of morpholine rings is 1. The van der Waals surface area contributed by atoms with Crippen molar-refractivity contribution in [1.29, 1.82) is 0 Å². The van der Waals surface area contributed by atoms with Gasteiger partial charge < -0.3 is 20.5 Å². The standard InChI is InChI=1S/C30H28F3N7O3/c1-18-19(2)38-27-23(28(34)36-17-25(27)37-18)5-3-20-13-21(16-35-15-20)29(41)39-22-4-6-26(24(14-22)30(31,32)33)43-12-9-40-7-10-42-11-8-40/h4,6,13-17H,7-12H2,1-2H3,(H2,34,36)(H,39,41). The van der Waals surface area contributed by atoms with Gasteiger partial charge in [0, 0.05) is 43.3 Å². The fraction of sp³-hybridized carbons (Fsp3) is 0.300. The van der Waals surface area contributed by atoms with Gasteiger partial charge in [0.1, 0.15) is 29.2 Å². The molecule has 0 unspecified atom stereocenters. The Morgan fingerprint density at radius 3 is 2.63 bits per heavy atom. The van der Waals surface area contributed by atoms with E-state index in [9.17, 15) is 18.0 Å². The van der Waals surface area contributed by atoms with Crippen molar-refractivity contribution in [3.63, 3.8) is 0 Å². The van der Waals surface area contributed by atoms with E-state index in [1.165, 1.54) is 36.8 Å². The number of fused-ring (bicyclic) bond motifs is 1. The number of halogens is 3. The topological polar surface area (TPSA) is 128 Å². The van der Waals surface area contributed by atoms with Gasteiger partial charge in [-0.3, -0.25) is 14.7 Å². The Morgan fingerprint density at radius 2 is 1.86 bits per heavy atom. The maximum absolute atomic E-state index is 13.8. The Hall–Kier alpha value is -4.80. The first kappa shape index (κ1) is 29.7. The minimum absolute atomic E-state index is 0.0480. The van der Waals surface area contributed by atoms with E-state index in [1.54, 1.807) is 0 Å². The summed E-state index contributed by atoms with van der Waals surface area (Å²) in [5.41, 5.74) is 8.41. The Bertz CT molecular complexity index is 1730. The van der Waals surface area contributed by atoms with Crippen LogP contribution in [0.2, 0.25) is 0 Å². The zero-order valence-electron chi connectivity index (χ0n) is 23.5. The summed E-state index contributed by atoms with van der Waals surface area (Å²) >= 11 is 0. The largest absolute Gasteiger partial charge is 0.492 e. The lowest BCUT2D eigenvalue weighted by Crippen LogP contribution is -2.38. The number of anilines is 2. The second-order valence-electron chi connectivity index (χ2n) is 9.82. The molecule has 0 saturated carbocycles. The predicted octanol–water partition coefficient (Wildman–Crippen LogP) is 4.00. The van der Waals surface area contributed by atoms with Gasteiger partial charge in [0.2, 0.25) is 0 Å². The van der Waals surface area contributed by atoms with Crippen molar-refractivity contribution in [2.24, 2.45) is 0 Å². The van der Waals surface area contributed by atoms with Gasteiger partial charge in [0.15, 0.2) is 0 Å². The third-order valence-corrected chi connectivity index (χ3v) is 6.80. The third-order valence-electron chi connectivity index (χ3n) is 6.80. The van der Waals surface area contributed by atoms with E-state index in [1.807, 2.05) is 13.8 Å². The Labute approximate surface area is 245 Å². The van der Waals surface area contributed by atoms with Gasteiger partial charge in [-0.2, -0.15) is 13.2 Å². The van der Waals surface area contributed by atoms with Crippen molar-refractivity contribution < 1.29 is 27.4 Å². The number of carbonyl (C=O) groups is 1. The van der Waals surface area contributed by atoms with Crippen LogP contribution >= 0.6 is 0 Å². The maximum Gasteiger partial charge on any atom is 0.420 e. The number of ether oxygens (including phenoxy) is 2. The molecule has 1 fully saturated rings. The number of amides is 1. The van der Waals surface area contributed by atoms with Crippen LogP contribution in [0, 0.1) is 25.7 Å². The van der Waals surface area contributed by atoms with E-state index in [2.05, 4.69) is 42.0 Å². The molecule has 10 nitrogen and oxygen atoms in total. The normalized spacial score (nSPS) is 13.8. The van der Waals surface area contributed by atoms with Crippen LogP contribution in [0.25, 0.3) is 11.0 Å². The summed E-state index contributed by atoms with van der Waals surface area (Å²) in [5.74, 6) is 5.06. The van der Waals surface area contributed by atoms with E-state index in [0.717, 1.165) is 17.5 Å². The average molecular weight is 592 g/mol. The van der Waals surface area contributed by atoms with Gasteiger partial charge in [0.05, 0.1) is 47.5 Å². The van der Waals surface area contributed by atoms with Crippen LogP contribution in [0.5, 0.6) is 5.75 Å². The zero-order chi connectivity index (χ0) is 30.6. The first-order valence-electron chi connectivity index (χ1n) is 13.4. The second-order valence-corrected chi connectivity index (χ2v) is 9.82. The fourth-order valence-electron chi connectivity index (χ4n) is 4.37. The molecule has 3 aromatic heterocycles. The van der Waals surface area contributed by atoms with E-state index in [-0.39, 0.29) is 29.4 Å². The number of nitrogens with two attached hydrogens (primary N) is 1. The molecule has 13 heteroatoms. The minimum Gasteiger partial charge on any atom is -0.492 e. The molecule has 1 aliphatic rings. The van der Waals surface area contributed by atoms with Crippen LogP contribution in [-0.2, 0) is 10.9 Å². The van der Waals surface area contributed by atoms with Gasteiger partial charge in [-0.1, -0.05) is 11.8 Å². The van der Waals surface area contributed by atoms with E-state index in [4.69, 9.17) is 15.2 Å². The van der Waals surface area contributed by atoms with Crippen LogP contribution in [0.4, 0.5) is 24.7 Å². The summed E-state index contributed by atoms with van der Waals surface area (Å²) in [4.78, 5) is 32.2. The number of benzene rings is 1. The number of nitrogen functional groups attached to an aromatic ring is 1. The number of alkyl halides is 3. The van der Waals surface area contributed by atoms with Crippen LogP contribution in [0.1, 0.15) is 38.4 Å². The van der Waals surface area contributed by atoms with Gasteiger partial charge in [-0.25, -0.2) is 15.0 Å². The fourth-order valence-corrected chi connectivity index (χ4v) is 4.37. The minimum atomic E-state index is -4.69. The number of carbonyl (C=O) groups excluding carboxylic acids is 1. The van der Waals surface area contributed by atoms with Crippen LogP contribution in [-0.4, -0.2) is 70.2 Å². The van der Waals surface area contributed by atoms with E-state index in [0.29, 0.717) is 55.0 Å². The first-order chi connectivity index (χ1) is 20.6. The lowest BCUT2D eigenvalue weighted by atomic mass is 10.1. The molecule has 0 radical (unpaired) electrons. The Kier molecular flexibility index (Phi) is 8.70. The quantitative estimate of drug-likeness (QED) is 0.320. The van der Waals surface area contributed by atoms with Gasteiger partial charge in [-0.05, 0) is 38.1 Å². The lowest BCUT2D eigenvalue weighted by Gasteiger charge is -2.26. The van der Waals surface area contributed by atoms with E-state index < -0.39 is 17.6 Å². The smallest absolute Gasteiger partial charge is 0.420 e. The molecule has 0 bridgehead atoms. The summed E-state index contributed by atoms with van der Waals surface area (Å²) in [6.45, 7) is 6.78. The average Bonchev–Trinajstić information content (AvgIpc) is 2.98. The number of aromatic nitrogens is 4. The molecule has 3 N–H and O–H groups in total. The zero-order valence-corrected chi connectivity index (χ0v) is 23.5. The monoisotopic (exact) mass is 591 g/mol. The number of aryl methyl sites for hydroxylation is 2. The number of nitrogens with one attached hydrogen (secondary N) is 1. The molecule has 1 aromatic carbocycles. The number of pyridine rings is 2. The highest BCUT2D eigenvalue weighted by atomic mass is 19.4. The molecule has 1 aliphatic heterocycles. The molecule has 4 heterocycles. The highest BCUT2D eigenvalue weighted by Gasteiger charge is 2.35. The molecule has 1 saturated heterocycles. The Balaban J connectivity index is 1.32. The van der Waals surface area contributed by atoms with Crippen molar-refractivity contribution >= 4 is 28.4 Å². The van der Waals surface area contributed by atoms with Crippen molar-refractivity contribution in [1.82, 2.24) is 24.8 Å². The molecule has 0 spiro atoms. The summed E-state index contributed by atoms with van der Waals surface area (Å²) in [7, 11) is 0. The molecule has 0 atom stereocenters. The molecule has 222 valence electrons. The molecule has 43 heavy (non-hydrogen) atoms. The van der Waals surface area contributed by atoms with Crippen LogP contribution in [0.3, 0.4) is 0 Å². The van der Waals surface area contributed by atoms with Crippen molar-refractivity contribution in [3.05, 3.63) is 76.5 Å². The number of rotatable bonds is 6. The molecule has 0 aliphatic carbocycles. The van der Waals surface area contributed by atoms with Crippen LogP contribution in [0.15, 0.2) is 42.9 Å². The number of hydrogen-bond donors (Lipinski definition) is 2. The van der Waals surface area contributed by atoms with Gasteiger partial charge in [-0.15, -0.1) is 0 Å². The number of nitrogens with zero attached hydrogens (tertiary/aromatic N) is 5. The molecular formula is C30H28F3N7O3. The molecule has 4 aromatic rings. The van der Waals surface area contributed by atoms with Crippen molar-refractivity contribution in [2.75, 3.05) is 50.5 Å². The molecular weight excluding hydrogens is 563 g/mol. The van der Waals surface area contributed by atoms with Gasteiger partial charge in [0.25, 0.3) is 5.91 Å². The van der Waals surface area contributed by atoms with Crippen molar-refractivity contribution in [2.45, 2.75) is 20.0 Å².